The third kappa shape index (κ3) is 5.19. The lowest BCUT2D eigenvalue weighted by atomic mass is 9.85. The molecule has 0 bridgehead atoms. The number of aliphatic carboxylic acids is 1. The normalized spacial score (nSPS) is 16.1. The van der Waals surface area contributed by atoms with Gasteiger partial charge < -0.3 is 15.7 Å². The molecule has 3 N–H and O–H groups in total. The monoisotopic (exact) mass is 284 g/mol. The van der Waals surface area contributed by atoms with Crippen molar-refractivity contribution in [2.24, 2.45) is 11.1 Å². The fraction of sp³-hybridized carbons (Fsp3) is 0.786. The van der Waals surface area contributed by atoms with Crippen molar-refractivity contribution in [2.75, 3.05) is 6.54 Å². The number of nitrogens with zero attached hydrogens (tertiary/aromatic N) is 1. The number of rotatable bonds is 7. The Morgan fingerprint density at radius 1 is 1.20 bits per heavy atom. The van der Waals surface area contributed by atoms with Gasteiger partial charge in [0.15, 0.2) is 0 Å². The maximum atomic E-state index is 12.4. The molecule has 1 rings (SSSR count). The topological polar surface area (TPSA) is 101 Å². The van der Waals surface area contributed by atoms with Crippen LogP contribution in [0.1, 0.15) is 52.4 Å². The van der Waals surface area contributed by atoms with E-state index in [2.05, 4.69) is 0 Å². The Morgan fingerprint density at radius 3 is 2.20 bits per heavy atom. The molecule has 6 nitrogen and oxygen atoms in total. The van der Waals surface area contributed by atoms with Crippen molar-refractivity contribution in [3.05, 3.63) is 0 Å². The van der Waals surface area contributed by atoms with Crippen molar-refractivity contribution in [3.63, 3.8) is 0 Å². The van der Waals surface area contributed by atoms with E-state index in [1.807, 2.05) is 0 Å². The van der Waals surface area contributed by atoms with Gasteiger partial charge in [0.05, 0.1) is 13.0 Å². The van der Waals surface area contributed by atoms with E-state index in [4.69, 9.17) is 10.8 Å². The molecule has 2 amide bonds. The molecule has 6 heteroatoms. The molecule has 0 radical (unpaired) electrons. The molecule has 1 aliphatic carbocycles. The Labute approximate surface area is 119 Å². The van der Waals surface area contributed by atoms with Crippen LogP contribution in [0, 0.1) is 5.41 Å². The zero-order valence-corrected chi connectivity index (χ0v) is 12.2. The molecule has 0 aliphatic heterocycles. The zero-order chi connectivity index (χ0) is 15.3. The molecule has 0 spiro atoms. The minimum Gasteiger partial charge on any atom is -0.481 e. The highest BCUT2D eigenvalue weighted by Crippen LogP contribution is 2.29. The average Bonchev–Trinajstić information content (AvgIpc) is 2.75. The molecular weight excluding hydrogens is 260 g/mol. The molecule has 0 aromatic rings. The van der Waals surface area contributed by atoms with Crippen molar-refractivity contribution in [1.82, 2.24) is 4.90 Å². The number of hydrogen-bond donors (Lipinski definition) is 2. The Balaban J connectivity index is 2.72. The Kier molecular flexibility index (Phi) is 5.53. The molecule has 1 aliphatic rings. The van der Waals surface area contributed by atoms with Gasteiger partial charge in [-0.1, -0.05) is 26.7 Å². The van der Waals surface area contributed by atoms with E-state index in [0.29, 0.717) is 0 Å². The van der Waals surface area contributed by atoms with Gasteiger partial charge in [-0.3, -0.25) is 14.4 Å². The number of primary amides is 1. The minimum absolute atomic E-state index is 0.0654. The van der Waals surface area contributed by atoms with Crippen LogP contribution in [0.15, 0.2) is 0 Å². The van der Waals surface area contributed by atoms with Gasteiger partial charge in [0.1, 0.15) is 0 Å². The average molecular weight is 284 g/mol. The summed E-state index contributed by atoms with van der Waals surface area (Å²) in [5, 5.41) is 8.86. The molecule has 0 saturated heterocycles. The second kappa shape index (κ2) is 6.72. The van der Waals surface area contributed by atoms with Crippen LogP contribution in [-0.4, -0.2) is 40.4 Å². The SMILES string of the molecule is CC(C)(CC(=O)O)CC(=O)N(CC(N)=O)C1CCCC1. The van der Waals surface area contributed by atoms with Crippen molar-refractivity contribution < 1.29 is 19.5 Å². The number of amides is 2. The maximum Gasteiger partial charge on any atom is 0.303 e. The zero-order valence-electron chi connectivity index (χ0n) is 12.2. The highest BCUT2D eigenvalue weighted by Gasteiger charge is 2.32. The van der Waals surface area contributed by atoms with E-state index in [1.165, 1.54) is 0 Å². The number of carboxylic acid groups (broad SMARTS) is 1. The molecule has 0 aromatic carbocycles. The summed E-state index contributed by atoms with van der Waals surface area (Å²) in [6.45, 7) is 3.42. The lowest BCUT2D eigenvalue weighted by molar-refractivity contribution is -0.142. The maximum absolute atomic E-state index is 12.4. The van der Waals surface area contributed by atoms with E-state index in [9.17, 15) is 14.4 Å². The summed E-state index contributed by atoms with van der Waals surface area (Å²) in [6, 6.07) is 0.0654. The van der Waals surface area contributed by atoms with Crippen LogP contribution in [0.5, 0.6) is 0 Å². The molecule has 0 aromatic heterocycles. The summed E-state index contributed by atoms with van der Waals surface area (Å²) in [7, 11) is 0. The number of carbonyl (C=O) groups excluding carboxylic acids is 2. The van der Waals surface area contributed by atoms with E-state index < -0.39 is 17.3 Å². The van der Waals surface area contributed by atoms with Gasteiger partial charge in [0.25, 0.3) is 0 Å². The predicted molar refractivity (Wildman–Crippen MR) is 73.8 cm³/mol. The van der Waals surface area contributed by atoms with Crippen LogP contribution < -0.4 is 5.73 Å². The first kappa shape index (κ1) is 16.5. The smallest absolute Gasteiger partial charge is 0.303 e. The molecule has 0 atom stereocenters. The highest BCUT2D eigenvalue weighted by molar-refractivity contribution is 5.84. The lowest BCUT2D eigenvalue weighted by Gasteiger charge is -2.31. The highest BCUT2D eigenvalue weighted by atomic mass is 16.4. The quantitative estimate of drug-likeness (QED) is 0.731. The van der Waals surface area contributed by atoms with Crippen molar-refractivity contribution in [1.29, 1.82) is 0 Å². The third-order valence-corrected chi connectivity index (χ3v) is 3.67. The number of nitrogens with two attached hydrogens (primary N) is 1. The summed E-state index contributed by atoms with van der Waals surface area (Å²) in [5.41, 5.74) is 4.59. The number of hydrogen-bond acceptors (Lipinski definition) is 3. The summed E-state index contributed by atoms with van der Waals surface area (Å²) in [5.74, 6) is -1.63. The second-order valence-corrected chi connectivity index (χ2v) is 6.34. The number of carboxylic acids is 1. The predicted octanol–water partition coefficient (Wildman–Crippen LogP) is 1.13. The fourth-order valence-corrected chi connectivity index (χ4v) is 2.79. The summed E-state index contributed by atoms with van der Waals surface area (Å²) < 4.78 is 0. The van der Waals surface area contributed by atoms with Gasteiger partial charge in [0, 0.05) is 12.5 Å². The lowest BCUT2D eigenvalue weighted by Crippen LogP contribution is -2.45. The van der Waals surface area contributed by atoms with Crippen LogP contribution in [0.3, 0.4) is 0 Å². The summed E-state index contributed by atoms with van der Waals surface area (Å²) in [4.78, 5) is 35.9. The van der Waals surface area contributed by atoms with Crippen molar-refractivity contribution in [2.45, 2.75) is 58.4 Å². The summed E-state index contributed by atoms with van der Waals surface area (Å²) in [6.07, 6.45) is 3.91. The Morgan fingerprint density at radius 2 is 1.75 bits per heavy atom. The van der Waals surface area contributed by atoms with Gasteiger partial charge in [-0.25, -0.2) is 0 Å². The molecule has 114 valence electrons. The van der Waals surface area contributed by atoms with E-state index >= 15 is 0 Å². The molecular formula is C14H24N2O4. The van der Waals surface area contributed by atoms with Gasteiger partial charge in [-0.2, -0.15) is 0 Å². The first-order chi connectivity index (χ1) is 9.21. The van der Waals surface area contributed by atoms with Crippen LogP contribution in [0.2, 0.25) is 0 Å². The van der Waals surface area contributed by atoms with Gasteiger partial charge in [-0.15, -0.1) is 0 Å². The number of carbonyl (C=O) groups is 3. The Hall–Kier alpha value is -1.59. The van der Waals surface area contributed by atoms with Gasteiger partial charge >= 0.3 is 5.97 Å². The minimum atomic E-state index is -0.926. The van der Waals surface area contributed by atoms with Crippen molar-refractivity contribution in [3.8, 4) is 0 Å². The largest absolute Gasteiger partial charge is 0.481 e. The fourth-order valence-electron chi connectivity index (χ4n) is 2.79. The Bertz CT molecular complexity index is 387. The van der Waals surface area contributed by atoms with Crippen LogP contribution in [-0.2, 0) is 14.4 Å². The van der Waals surface area contributed by atoms with Crippen LogP contribution in [0.25, 0.3) is 0 Å². The van der Waals surface area contributed by atoms with Crippen LogP contribution in [0.4, 0.5) is 0 Å². The molecule has 20 heavy (non-hydrogen) atoms. The standard InChI is InChI=1S/C14H24N2O4/c1-14(2,8-13(19)20)7-12(18)16(9-11(15)17)10-5-3-4-6-10/h10H,3-9H2,1-2H3,(H2,15,17)(H,19,20). The summed E-state index contributed by atoms with van der Waals surface area (Å²) >= 11 is 0. The second-order valence-electron chi connectivity index (χ2n) is 6.34. The van der Waals surface area contributed by atoms with E-state index in [1.54, 1.807) is 18.7 Å². The molecule has 0 heterocycles. The van der Waals surface area contributed by atoms with E-state index in [-0.39, 0.29) is 31.3 Å². The van der Waals surface area contributed by atoms with Crippen molar-refractivity contribution >= 4 is 17.8 Å². The van der Waals surface area contributed by atoms with E-state index in [0.717, 1.165) is 25.7 Å². The van der Waals surface area contributed by atoms with Gasteiger partial charge in [0.2, 0.25) is 11.8 Å². The molecule has 0 unspecified atom stereocenters. The first-order valence-corrected chi connectivity index (χ1v) is 7.01. The van der Waals surface area contributed by atoms with Crippen LogP contribution >= 0.6 is 0 Å². The third-order valence-electron chi connectivity index (χ3n) is 3.67. The molecule has 1 fully saturated rings. The molecule has 1 saturated carbocycles. The van der Waals surface area contributed by atoms with Gasteiger partial charge in [-0.05, 0) is 18.3 Å². The first-order valence-electron chi connectivity index (χ1n) is 7.01.